The predicted molar refractivity (Wildman–Crippen MR) is 84.7 cm³/mol. The molecule has 1 unspecified atom stereocenters. The van der Waals surface area contributed by atoms with Crippen molar-refractivity contribution in [1.82, 2.24) is 9.55 Å². The number of para-hydroxylation sites is 1. The van der Waals surface area contributed by atoms with E-state index in [1.54, 1.807) is 12.1 Å². The number of imidazole rings is 1. The third kappa shape index (κ3) is 3.26. The molecule has 0 saturated carbocycles. The van der Waals surface area contributed by atoms with E-state index in [0.29, 0.717) is 11.5 Å². The summed E-state index contributed by atoms with van der Waals surface area (Å²) in [5, 5.41) is 9.41. The quantitative estimate of drug-likeness (QED) is 0.828. The standard InChI is InChI=1S/C17H24N2O2/c1-4-6-8-13(5-2)11-19-12(3)18-15-10-7-9-14(16(15)19)17(20)21/h7,9-10,13H,4-6,8,11H2,1-3H3,(H,20,21). The molecule has 0 aliphatic heterocycles. The van der Waals surface area contributed by atoms with Crippen LogP contribution in [0.15, 0.2) is 18.2 Å². The number of benzene rings is 1. The van der Waals surface area contributed by atoms with Crippen molar-refractivity contribution in [2.75, 3.05) is 0 Å². The zero-order chi connectivity index (χ0) is 15.4. The lowest BCUT2D eigenvalue weighted by Crippen LogP contribution is -2.13. The Balaban J connectivity index is 2.42. The van der Waals surface area contributed by atoms with E-state index in [0.717, 1.165) is 29.8 Å². The van der Waals surface area contributed by atoms with E-state index in [1.807, 2.05) is 13.0 Å². The second-order valence-corrected chi connectivity index (χ2v) is 5.66. The van der Waals surface area contributed by atoms with Gasteiger partial charge in [-0.3, -0.25) is 0 Å². The van der Waals surface area contributed by atoms with Gasteiger partial charge in [-0.15, -0.1) is 0 Å². The lowest BCUT2D eigenvalue weighted by Gasteiger charge is -2.17. The zero-order valence-electron chi connectivity index (χ0n) is 13.1. The van der Waals surface area contributed by atoms with Crippen molar-refractivity contribution in [2.45, 2.75) is 53.0 Å². The van der Waals surface area contributed by atoms with Gasteiger partial charge in [0, 0.05) is 6.54 Å². The number of carboxylic acid groups (broad SMARTS) is 1. The maximum Gasteiger partial charge on any atom is 0.337 e. The Hall–Kier alpha value is -1.84. The summed E-state index contributed by atoms with van der Waals surface area (Å²) in [6.45, 7) is 7.21. The Kier molecular flexibility index (Phi) is 4.99. The Morgan fingerprint density at radius 2 is 2.14 bits per heavy atom. The normalized spacial score (nSPS) is 12.7. The van der Waals surface area contributed by atoms with Gasteiger partial charge < -0.3 is 9.67 Å². The number of nitrogens with zero attached hydrogens (tertiary/aromatic N) is 2. The highest BCUT2D eigenvalue weighted by Crippen LogP contribution is 2.24. The van der Waals surface area contributed by atoms with Crippen LogP contribution in [0.5, 0.6) is 0 Å². The van der Waals surface area contributed by atoms with Crippen molar-refractivity contribution in [3.63, 3.8) is 0 Å². The zero-order valence-corrected chi connectivity index (χ0v) is 13.1. The first-order chi connectivity index (χ1) is 10.1. The van der Waals surface area contributed by atoms with Crippen LogP contribution in [-0.2, 0) is 6.54 Å². The summed E-state index contributed by atoms with van der Waals surface area (Å²) >= 11 is 0. The highest BCUT2D eigenvalue weighted by Gasteiger charge is 2.17. The maximum atomic E-state index is 11.5. The highest BCUT2D eigenvalue weighted by atomic mass is 16.4. The molecule has 0 aliphatic carbocycles. The summed E-state index contributed by atoms with van der Waals surface area (Å²) in [4.78, 5) is 16.0. The van der Waals surface area contributed by atoms with Crippen molar-refractivity contribution in [3.8, 4) is 0 Å². The van der Waals surface area contributed by atoms with Crippen LogP contribution in [0.4, 0.5) is 0 Å². The van der Waals surface area contributed by atoms with Gasteiger partial charge in [0.25, 0.3) is 0 Å². The molecule has 2 aromatic rings. The van der Waals surface area contributed by atoms with Crippen molar-refractivity contribution >= 4 is 17.0 Å². The van der Waals surface area contributed by atoms with Gasteiger partial charge >= 0.3 is 5.97 Å². The van der Waals surface area contributed by atoms with Crippen molar-refractivity contribution in [3.05, 3.63) is 29.6 Å². The summed E-state index contributed by atoms with van der Waals surface area (Å²) < 4.78 is 2.09. The number of aromatic nitrogens is 2. The molecular formula is C17H24N2O2. The second kappa shape index (κ2) is 6.74. The van der Waals surface area contributed by atoms with Crippen LogP contribution in [-0.4, -0.2) is 20.6 Å². The molecule has 2 rings (SSSR count). The van der Waals surface area contributed by atoms with E-state index in [4.69, 9.17) is 0 Å². The van der Waals surface area contributed by atoms with Crippen LogP contribution in [0.1, 0.15) is 55.7 Å². The summed E-state index contributed by atoms with van der Waals surface area (Å²) in [5.41, 5.74) is 1.88. The van der Waals surface area contributed by atoms with E-state index < -0.39 is 5.97 Å². The fourth-order valence-electron chi connectivity index (χ4n) is 2.87. The molecule has 1 aromatic heterocycles. The summed E-state index contributed by atoms with van der Waals surface area (Å²) in [6.07, 6.45) is 4.70. The number of rotatable bonds is 7. The van der Waals surface area contributed by atoms with Gasteiger partial charge in [-0.25, -0.2) is 9.78 Å². The van der Waals surface area contributed by atoms with E-state index in [2.05, 4.69) is 23.4 Å². The van der Waals surface area contributed by atoms with E-state index in [9.17, 15) is 9.90 Å². The van der Waals surface area contributed by atoms with Gasteiger partial charge in [0.05, 0.1) is 16.6 Å². The molecule has 0 radical (unpaired) electrons. The average Bonchev–Trinajstić information content (AvgIpc) is 2.78. The number of aromatic carboxylic acids is 1. The molecule has 0 spiro atoms. The van der Waals surface area contributed by atoms with Crippen molar-refractivity contribution in [2.24, 2.45) is 5.92 Å². The number of unbranched alkanes of at least 4 members (excludes halogenated alkanes) is 1. The van der Waals surface area contributed by atoms with Crippen LogP contribution in [0.2, 0.25) is 0 Å². The summed E-state index contributed by atoms with van der Waals surface area (Å²) in [6, 6.07) is 5.31. The van der Waals surface area contributed by atoms with Gasteiger partial charge in [-0.05, 0) is 31.4 Å². The van der Waals surface area contributed by atoms with E-state index in [-0.39, 0.29) is 0 Å². The maximum absolute atomic E-state index is 11.5. The van der Waals surface area contributed by atoms with Crippen LogP contribution >= 0.6 is 0 Å². The summed E-state index contributed by atoms with van der Waals surface area (Å²) in [7, 11) is 0. The first-order valence-electron chi connectivity index (χ1n) is 7.77. The molecule has 0 bridgehead atoms. The van der Waals surface area contributed by atoms with Crippen molar-refractivity contribution < 1.29 is 9.90 Å². The molecule has 1 heterocycles. The molecule has 4 heteroatoms. The Bertz CT molecular complexity index is 631. The molecule has 21 heavy (non-hydrogen) atoms. The predicted octanol–water partition coefficient (Wildman–Crippen LogP) is 4.26. The molecule has 0 amide bonds. The summed E-state index contributed by atoms with van der Waals surface area (Å²) in [5.74, 6) is 0.583. The molecule has 1 aromatic carbocycles. The smallest absolute Gasteiger partial charge is 0.337 e. The lowest BCUT2D eigenvalue weighted by atomic mass is 9.99. The first kappa shape index (κ1) is 15.5. The molecule has 0 saturated heterocycles. The number of aryl methyl sites for hydroxylation is 1. The van der Waals surface area contributed by atoms with Crippen LogP contribution < -0.4 is 0 Å². The third-order valence-electron chi connectivity index (χ3n) is 4.17. The van der Waals surface area contributed by atoms with E-state index in [1.165, 1.54) is 19.3 Å². The Labute approximate surface area is 125 Å². The van der Waals surface area contributed by atoms with Gasteiger partial charge in [-0.1, -0.05) is 39.2 Å². The third-order valence-corrected chi connectivity index (χ3v) is 4.17. The fraction of sp³-hybridized carbons (Fsp3) is 0.529. The van der Waals surface area contributed by atoms with Gasteiger partial charge in [0.15, 0.2) is 0 Å². The van der Waals surface area contributed by atoms with Crippen LogP contribution in [0, 0.1) is 12.8 Å². The number of carbonyl (C=O) groups is 1. The van der Waals surface area contributed by atoms with Gasteiger partial charge in [0.2, 0.25) is 0 Å². The average molecular weight is 288 g/mol. The minimum Gasteiger partial charge on any atom is -0.478 e. The number of carboxylic acids is 1. The molecule has 114 valence electrons. The number of fused-ring (bicyclic) bond motifs is 1. The van der Waals surface area contributed by atoms with Crippen LogP contribution in [0.25, 0.3) is 11.0 Å². The molecular weight excluding hydrogens is 264 g/mol. The Morgan fingerprint density at radius 3 is 2.76 bits per heavy atom. The molecule has 4 nitrogen and oxygen atoms in total. The molecule has 0 fully saturated rings. The van der Waals surface area contributed by atoms with Crippen molar-refractivity contribution in [1.29, 1.82) is 0 Å². The highest BCUT2D eigenvalue weighted by molar-refractivity contribution is 6.01. The largest absolute Gasteiger partial charge is 0.478 e. The van der Waals surface area contributed by atoms with Crippen LogP contribution in [0.3, 0.4) is 0 Å². The number of hydrogen-bond donors (Lipinski definition) is 1. The molecule has 0 aliphatic rings. The first-order valence-corrected chi connectivity index (χ1v) is 7.77. The van der Waals surface area contributed by atoms with E-state index >= 15 is 0 Å². The molecule has 1 N–H and O–H groups in total. The molecule has 1 atom stereocenters. The SMILES string of the molecule is CCCCC(CC)Cn1c(C)nc2cccc(C(=O)O)c21. The monoisotopic (exact) mass is 288 g/mol. The fourth-order valence-corrected chi connectivity index (χ4v) is 2.87. The van der Waals surface area contributed by atoms with Gasteiger partial charge in [0.1, 0.15) is 5.82 Å². The lowest BCUT2D eigenvalue weighted by molar-refractivity contribution is 0.0698. The minimum absolute atomic E-state index is 0.346. The Morgan fingerprint density at radius 1 is 1.38 bits per heavy atom. The minimum atomic E-state index is -0.886. The number of hydrogen-bond acceptors (Lipinski definition) is 2. The topological polar surface area (TPSA) is 55.1 Å². The van der Waals surface area contributed by atoms with Gasteiger partial charge in [-0.2, -0.15) is 0 Å². The second-order valence-electron chi connectivity index (χ2n) is 5.66.